The third kappa shape index (κ3) is 3.61. The van der Waals surface area contributed by atoms with E-state index in [2.05, 4.69) is 4.99 Å². The summed E-state index contributed by atoms with van der Waals surface area (Å²) in [5.41, 5.74) is 5.28. The topological polar surface area (TPSA) is 58.6 Å². The zero-order valence-corrected chi connectivity index (χ0v) is 5.09. The molecular formula is C5H12N2O. The Kier molecular flexibility index (Phi) is 4.26. The number of amidine groups is 1. The van der Waals surface area contributed by atoms with E-state index in [4.69, 9.17) is 10.8 Å². The molecule has 0 spiro atoms. The van der Waals surface area contributed by atoms with Crippen LogP contribution in [0.1, 0.15) is 13.3 Å². The zero-order chi connectivity index (χ0) is 6.41. The minimum Gasteiger partial charge on any atom is -0.396 e. The number of hydrogen-bond acceptors (Lipinski definition) is 2. The van der Waals surface area contributed by atoms with E-state index in [1.54, 1.807) is 0 Å². The van der Waals surface area contributed by atoms with Gasteiger partial charge in [-0.05, 0) is 6.92 Å². The van der Waals surface area contributed by atoms with Gasteiger partial charge < -0.3 is 10.8 Å². The molecule has 0 amide bonds. The molecule has 3 nitrogen and oxygen atoms in total. The van der Waals surface area contributed by atoms with Crippen molar-refractivity contribution in [2.45, 2.75) is 13.3 Å². The first-order valence-electron chi connectivity index (χ1n) is 2.71. The molecule has 8 heavy (non-hydrogen) atoms. The first-order valence-corrected chi connectivity index (χ1v) is 2.71. The van der Waals surface area contributed by atoms with Crippen molar-refractivity contribution in [3.63, 3.8) is 0 Å². The SMILES string of the molecule is CCN=C(N)CCO. The molecular weight excluding hydrogens is 104 g/mol. The van der Waals surface area contributed by atoms with E-state index in [0.29, 0.717) is 18.8 Å². The summed E-state index contributed by atoms with van der Waals surface area (Å²) >= 11 is 0. The molecule has 0 aliphatic rings. The van der Waals surface area contributed by atoms with Crippen LogP contribution in [0.3, 0.4) is 0 Å². The van der Waals surface area contributed by atoms with E-state index in [1.165, 1.54) is 0 Å². The molecule has 0 saturated heterocycles. The monoisotopic (exact) mass is 116 g/mol. The smallest absolute Gasteiger partial charge is 0.0959 e. The molecule has 3 heteroatoms. The standard InChI is InChI=1S/C5H12N2O/c1-2-7-5(6)3-4-8/h8H,2-4H2,1H3,(H2,6,7). The predicted molar refractivity (Wildman–Crippen MR) is 33.9 cm³/mol. The van der Waals surface area contributed by atoms with Gasteiger partial charge in [0.1, 0.15) is 0 Å². The van der Waals surface area contributed by atoms with Crippen LogP contribution in [0.2, 0.25) is 0 Å². The molecule has 0 unspecified atom stereocenters. The molecule has 0 aromatic heterocycles. The Balaban J connectivity index is 3.29. The minimum absolute atomic E-state index is 0.0926. The van der Waals surface area contributed by atoms with Crippen molar-refractivity contribution in [2.75, 3.05) is 13.2 Å². The fourth-order valence-electron chi connectivity index (χ4n) is 0.397. The molecule has 48 valence electrons. The van der Waals surface area contributed by atoms with E-state index in [0.717, 1.165) is 0 Å². The van der Waals surface area contributed by atoms with Gasteiger partial charge in [-0.3, -0.25) is 4.99 Å². The van der Waals surface area contributed by atoms with Crippen molar-refractivity contribution >= 4 is 5.84 Å². The normalized spacial score (nSPS) is 12.0. The van der Waals surface area contributed by atoms with Crippen LogP contribution < -0.4 is 5.73 Å². The Morgan fingerprint density at radius 2 is 2.38 bits per heavy atom. The van der Waals surface area contributed by atoms with Crippen molar-refractivity contribution in [1.29, 1.82) is 0 Å². The average molecular weight is 116 g/mol. The van der Waals surface area contributed by atoms with Crippen molar-refractivity contribution < 1.29 is 5.11 Å². The number of aliphatic hydroxyl groups excluding tert-OH is 1. The Morgan fingerprint density at radius 1 is 1.75 bits per heavy atom. The van der Waals surface area contributed by atoms with Gasteiger partial charge in [-0.25, -0.2) is 0 Å². The van der Waals surface area contributed by atoms with E-state index in [9.17, 15) is 0 Å². The lowest BCUT2D eigenvalue weighted by molar-refractivity contribution is 0.306. The van der Waals surface area contributed by atoms with Gasteiger partial charge in [-0.15, -0.1) is 0 Å². The number of nitrogens with two attached hydrogens (primary N) is 1. The van der Waals surface area contributed by atoms with Crippen LogP contribution in [0.5, 0.6) is 0 Å². The summed E-state index contributed by atoms with van der Waals surface area (Å²) < 4.78 is 0. The second-order valence-electron chi connectivity index (χ2n) is 1.44. The highest BCUT2D eigenvalue weighted by Crippen LogP contribution is 1.76. The van der Waals surface area contributed by atoms with E-state index in [-0.39, 0.29) is 6.61 Å². The number of aliphatic imine (C=N–C) groups is 1. The summed E-state index contributed by atoms with van der Waals surface area (Å²) in [4.78, 5) is 3.85. The van der Waals surface area contributed by atoms with Crippen LogP contribution >= 0.6 is 0 Å². The van der Waals surface area contributed by atoms with E-state index in [1.807, 2.05) is 6.92 Å². The van der Waals surface area contributed by atoms with Gasteiger partial charge >= 0.3 is 0 Å². The third-order valence-electron chi connectivity index (χ3n) is 0.729. The molecule has 0 saturated carbocycles. The zero-order valence-electron chi connectivity index (χ0n) is 5.09. The molecule has 3 N–H and O–H groups in total. The maximum Gasteiger partial charge on any atom is 0.0959 e. The molecule has 0 bridgehead atoms. The van der Waals surface area contributed by atoms with E-state index < -0.39 is 0 Å². The fraction of sp³-hybridized carbons (Fsp3) is 0.800. The van der Waals surface area contributed by atoms with Crippen LogP contribution in [0.15, 0.2) is 4.99 Å². The highest BCUT2D eigenvalue weighted by atomic mass is 16.3. The van der Waals surface area contributed by atoms with Crippen LogP contribution in [0.25, 0.3) is 0 Å². The molecule has 0 aromatic rings. The average Bonchev–Trinajstić information content (AvgIpc) is 1.68. The summed E-state index contributed by atoms with van der Waals surface area (Å²) in [5, 5.41) is 8.30. The number of aliphatic hydroxyl groups is 1. The third-order valence-corrected chi connectivity index (χ3v) is 0.729. The first kappa shape index (κ1) is 7.43. The van der Waals surface area contributed by atoms with Gasteiger partial charge in [0.25, 0.3) is 0 Å². The molecule has 0 radical (unpaired) electrons. The molecule has 0 aliphatic carbocycles. The van der Waals surface area contributed by atoms with Crippen LogP contribution in [-0.2, 0) is 0 Å². The summed E-state index contributed by atoms with van der Waals surface area (Å²) in [6.45, 7) is 2.70. The Morgan fingerprint density at radius 3 is 2.75 bits per heavy atom. The summed E-state index contributed by atoms with van der Waals surface area (Å²) in [6, 6.07) is 0. The lowest BCUT2D eigenvalue weighted by Crippen LogP contribution is -2.13. The van der Waals surface area contributed by atoms with Gasteiger partial charge in [-0.1, -0.05) is 0 Å². The molecule has 0 rings (SSSR count). The molecule has 0 aromatic carbocycles. The molecule has 0 atom stereocenters. The lowest BCUT2D eigenvalue weighted by atomic mass is 10.4. The van der Waals surface area contributed by atoms with E-state index >= 15 is 0 Å². The highest BCUT2D eigenvalue weighted by molar-refractivity contribution is 5.80. The van der Waals surface area contributed by atoms with Gasteiger partial charge in [0.15, 0.2) is 0 Å². The molecule has 0 fully saturated rings. The fourth-order valence-corrected chi connectivity index (χ4v) is 0.397. The minimum atomic E-state index is 0.0926. The summed E-state index contributed by atoms with van der Waals surface area (Å²) in [5.74, 6) is 0.537. The maximum absolute atomic E-state index is 8.30. The van der Waals surface area contributed by atoms with Crippen LogP contribution in [0.4, 0.5) is 0 Å². The molecule has 0 aliphatic heterocycles. The van der Waals surface area contributed by atoms with Crippen molar-refractivity contribution in [2.24, 2.45) is 10.7 Å². The number of nitrogens with zero attached hydrogens (tertiary/aromatic N) is 1. The number of rotatable bonds is 3. The van der Waals surface area contributed by atoms with Crippen LogP contribution in [-0.4, -0.2) is 24.1 Å². The van der Waals surface area contributed by atoms with Gasteiger partial charge in [0, 0.05) is 13.0 Å². The second kappa shape index (κ2) is 4.59. The Labute approximate surface area is 49.2 Å². The Hall–Kier alpha value is -0.570. The summed E-state index contributed by atoms with van der Waals surface area (Å²) in [6.07, 6.45) is 0.494. The van der Waals surface area contributed by atoms with Gasteiger partial charge in [-0.2, -0.15) is 0 Å². The molecule has 0 heterocycles. The van der Waals surface area contributed by atoms with Gasteiger partial charge in [0.2, 0.25) is 0 Å². The van der Waals surface area contributed by atoms with Crippen molar-refractivity contribution in [3.8, 4) is 0 Å². The lowest BCUT2D eigenvalue weighted by Gasteiger charge is -1.92. The summed E-state index contributed by atoms with van der Waals surface area (Å²) in [7, 11) is 0. The largest absolute Gasteiger partial charge is 0.396 e. The van der Waals surface area contributed by atoms with Crippen molar-refractivity contribution in [1.82, 2.24) is 0 Å². The predicted octanol–water partition coefficient (Wildman–Crippen LogP) is -0.254. The maximum atomic E-state index is 8.30. The van der Waals surface area contributed by atoms with Gasteiger partial charge in [0.05, 0.1) is 12.4 Å². The first-order chi connectivity index (χ1) is 3.81. The second-order valence-corrected chi connectivity index (χ2v) is 1.44. The number of hydrogen-bond donors (Lipinski definition) is 2. The van der Waals surface area contributed by atoms with Crippen LogP contribution in [0, 0.1) is 0 Å². The van der Waals surface area contributed by atoms with Crippen molar-refractivity contribution in [3.05, 3.63) is 0 Å². The quantitative estimate of drug-likeness (QED) is 0.394. The highest BCUT2D eigenvalue weighted by Gasteiger charge is 1.85. The Bertz CT molecular complexity index is 80.5.